The lowest BCUT2D eigenvalue weighted by Gasteiger charge is -2.38. The number of halogens is 2. The summed E-state index contributed by atoms with van der Waals surface area (Å²) in [6.07, 6.45) is 4.27. The van der Waals surface area contributed by atoms with Crippen LogP contribution in [-0.4, -0.2) is 39.6 Å². The van der Waals surface area contributed by atoms with E-state index in [4.69, 9.17) is 0 Å². The number of likely N-dealkylation sites (tertiary alicyclic amines) is 1. The van der Waals surface area contributed by atoms with Crippen LogP contribution in [0.25, 0.3) is 0 Å². The molecular weight excluding hydrogens is 340 g/mol. The molecule has 138 valence electrons. The summed E-state index contributed by atoms with van der Waals surface area (Å²) < 4.78 is 27.2. The molecule has 3 rings (SSSR count). The number of carbonyl (C=O) groups excluding carboxylic acids is 1. The largest absolute Gasteiger partial charge is 0.379 e. The summed E-state index contributed by atoms with van der Waals surface area (Å²) >= 11 is 0. The summed E-state index contributed by atoms with van der Waals surface area (Å²) in [5, 5.41) is 13.8. The SMILES string of the molecule is O=C1N(Cc2cccc(F)c2F)CCC[C@@]1(O)CNCc1ccncc1. The smallest absolute Gasteiger partial charge is 0.256 e. The molecule has 1 fully saturated rings. The van der Waals surface area contributed by atoms with Crippen LogP contribution in [0.4, 0.5) is 8.78 Å². The van der Waals surface area contributed by atoms with Crippen molar-refractivity contribution in [3.8, 4) is 0 Å². The highest BCUT2D eigenvalue weighted by Crippen LogP contribution is 2.25. The van der Waals surface area contributed by atoms with Crippen LogP contribution in [0.3, 0.4) is 0 Å². The molecule has 1 aliphatic rings. The Labute approximate surface area is 150 Å². The van der Waals surface area contributed by atoms with Gasteiger partial charge in [-0.25, -0.2) is 8.78 Å². The average molecular weight is 361 g/mol. The van der Waals surface area contributed by atoms with E-state index in [1.54, 1.807) is 12.4 Å². The van der Waals surface area contributed by atoms with Crippen LogP contribution in [-0.2, 0) is 17.9 Å². The van der Waals surface area contributed by atoms with Crippen molar-refractivity contribution in [2.75, 3.05) is 13.1 Å². The number of nitrogens with one attached hydrogen (secondary N) is 1. The van der Waals surface area contributed by atoms with E-state index in [1.807, 2.05) is 12.1 Å². The lowest BCUT2D eigenvalue weighted by atomic mass is 9.91. The molecule has 7 heteroatoms. The van der Waals surface area contributed by atoms with Crippen molar-refractivity contribution in [1.82, 2.24) is 15.2 Å². The van der Waals surface area contributed by atoms with Crippen LogP contribution in [0.15, 0.2) is 42.7 Å². The van der Waals surface area contributed by atoms with Crippen molar-refractivity contribution >= 4 is 5.91 Å². The Morgan fingerprint density at radius 1 is 1.23 bits per heavy atom. The summed E-state index contributed by atoms with van der Waals surface area (Å²) in [5.41, 5.74) is -0.451. The van der Waals surface area contributed by atoms with E-state index < -0.39 is 23.1 Å². The average Bonchev–Trinajstić information content (AvgIpc) is 2.64. The summed E-state index contributed by atoms with van der Waals surface area (Å²) in [5.74, 6) is -2.36. The zero-order chi connectivity index (χ0) is 18.6. The van der Waals surface area contributed by atoms with E-state index in [9.17, 15) is 18.7 Å². The minimum atomic E-state index is -1.55. The fraction of sp³-hybridized carbons (Fsp3) is 0.368. The molecule has 0 spiro atoms. The molecule has 0 bridgehead atoms. The first kappa shape index (κ1) is 18.4. The molecule has 26 heavy (non-hydrogen) atoms. The van der Waals surface area contributed by atoms with Gasteiger partial charge < -0.3 is 15.3 Å². The molecule has 0 aliphatic carbocycles. The first-order valence-corrected chi connectivity index (χ1v) is 8.54. The summed E-state index contributed by atoms with van der Waals surface area (Å²) in [6.45, 7) is 0.934. The minimum absolute atomic E-state index is 0.0604. The third kappa shape index (κ3) is 4.05. The first-order chi connectivity index (χ1) is 12.5. The Morgan fingerprint density at radius 3 is 2.77 bits per heavy atom. The zero-order valence-electron chi connectivity index (χ0n) is 14.3. The van der Waals surface area contributed by atoms with Crippen molar-refractivity contribution in [2.24, 2.45) is 0 Å². The molecule has 1 aromatic heterocycles. The molecule has 1 aromatic carbocycles. The van der Waals surface area contributed by atoms with Gasteiger partial charge in [0.25, 0.3) is 5.91 Å². The molecule has 2 N–H and O–H groups in total. The second-order valence-corrected chi connectivity index (χ2v) is 6.53. The number of nitrogens with zero attached hydrogens (tertiary/aromatic N) is 2. The monoisotopic (exact) mass is 361 g/mol. The van der Waals surface area contributed by atoms with Gasteiger partial charge in [0.15, 0.2) is 17.2 Å². The van der Waals surface area contributed by atoms with Crippen LogP contribution < -0.4 is 5.32 Å². The van der Waals surface area contributed by atoms with E-state index in [0.29, 0.717) is 25.9 Å². The van der Waals surface area contributed by atoms with Gasteiger partial charge in [0.1, 0.15) is 0 Å². The summed E-state index contributed by atoms with van der Waals surface area (Å²) in [7, 11) is 0. The number of rotatable bonds is 6. The van der Waals surface area contributed by atoms with Crippen molar-refractivity contribution in [2.45, 2.75) is 31.5 Å². The number of pyridine rings is 1. The summed E-state index contributed by atoms with van der Waals surface area (Å²) in [4.78, 5) is 18.0. The van der Waals surface area contributed by atoms with Gasteiger partial charge in [-0.2, -0.15) is 0 Å². The van der Waals surface area contributed by atoms with Gasteiger partial charge >= 0.3 is 0 Å². The fourth-order valence-corrected chi connectivity index (χ4v) is 3.17. The maximum Gasteiger partial charge on any atom is 0.256 e. The number of aliphatic hydroxyl groups is 1. The van der Waals surface area contributed by atoms with Crippen LogP contribution in [0.2, 0.25) is 0 Å². The Bertz CT molecular complexity index is 773. The highest BCUT2D eigenvalue weighted by Gasteiger charge is 2.41. The molecule has 5 nitrogen and oxygen atoms in total. The Kier molecular flexibility index (Phi) is 5.58. The van der Waals surface area contributed by atoms with Crippen molar-refractivity contribution in [3.63, 3.8) is 0 Å². The molecule has 1 aliphatic heterocycles. The lowest BCUT2D eigenvalue weighted by molar-refractivity contribution is -0.157. The second kappa shape index (κ2) is 7.88. The molecular formula is C19H21F2N3O2. The predicted molar refractivity (Wildman–Crippen MR) is 91.9 cm³/mol. The highest BCUT2D eigenvalue weighted by molar-refractivity contribution is 5.86. The number of hydrogen-bond acceptors (Lipinski definition) is 4. The lowest BCUT2D eigenvalue weighted by Crippen LogP contribution is -2.57. The van der Waals surface area contributed by atoms with E-state index in [-0.39, 0.29) is 18.7 Å². The van der Waals surface area contributed by atoms with Crippen LogP contribution >= 0.6 is 0 Å². The number of amides is 1. The van der Waals surface area contributed by atoms with Gasteiger partial charge in [0, 0.05) is 44.1 Å². The maximum atomic E-state index is 13.9. The van der Waals surface area contributed by atoms with Crippen molar-refractivity contribution < 1.29 is 18.7 Å². The number of benzene rings is 1. The van der Waals surface area contributed by atoms with Gasteiger partial charge in [-0.15, -0.1) is 0 Å². The molecule has 2 heterocycles. The molecule has 1 amide bonds. The van der Waals surface area contributed by atoms with Gasteiger partial charge in [0.2, 0.25) is 0 Å². The number of piperidine rings is 1. The third-order valence-corrected chi connectivity index (χ3v) is 4.59. The quantitative estimate of drug-likeness (QED) is 0.826. The van der Waals surface area contributed by atoms with Crippen LogP contribution in [0, 0.1) is 11.6 Å². The second-order valence-electron chi connectivity index (χ2n) is 6.53. The predicted octanol–water partition coefficient (Wildman–Crippen LogP) is 2.00. The molecule has 1 atom stereocenters. The zero-order valence-corrected chi connectivity index (χ0v) is 14.3. The highest BCUT2D eigenvalue weighted by atomic mass is 19.2. The summed E-state index contributed by atoms with van der Waals surface area (Å²) in [6, 6.07) is 7.58. The van der Waals surface area contributed by atoms with Crippen LogP contribution in [0.5, 0.6) is 0 Å². The first-order valence-electron chi connectivity index (χ1n) is 8.54. The van der Waals surface area contributed by atoms with E-state index in [2.05, 4.69) is 10.3 Å². The topological polar surface area (TPSA) is 65.5 Å². The molecule has 2 aromatic rings. The van der Waals surface area contributed by atoms with Crippen molar-refractivity contribution in [1.29, 1.82) is 0 Å². The number of carbonyl (C=O) groups is 1. The normalized spacial score (nSPS) is 20.4. The van der Waals surface area contributed by atoms with Crippen molar-refractivity contribution in [3.05, 3.63) is 65.5 Å². The Morgan fingerprint density at radius 2 is 2.00 bits per heavy atom. The van der Waals surface area contributed by atoms with Gasteiger partial charge in [-0.05, 0) is 36.6 Å². The van der Waals surface area contributed by atoms with Gasteiger partial charge in [-0.1, -0.05) is 12.1 Å². The van der Waals surface area contributed by atoms with E-state index in [0.717, 1.165) is 11.6 Å². The molecule has 0 unspecified atom stereocenters. The molecule has 0 saturated carbocycles. The van der Waals surface area contributed by atoms with E-state index in [1.165, 1.54) is 17.0 Å². The third-order valence-electron chi connectivity index (χ3n) is 4.59. The van der Waals surface area contributed by atoms with Gasteiger partial charge in [-0.3, -0.25) is 9.78 Å². The fourth-order valence-electron chi connectivity index (χ4n) is 3.17. The standard InChI is InChI=1S/C19H21F2N3O2/c20-16-4-1-3-15(17(16)21)12-24-10-2-7-19(26,18(24)25)13-23-11-14-5-8-22-9-6-14/h1,3-6,8-9,23,26H,2,7,10-13H2/t19-/m1/s1. The Hall–Kier alpha value is -2.38. The maximum absolute atomic E-state index is 13.9. The molecule has 0 radical (unpaired) electrons. The van der Waals surface area contributed by atoms with E-state index >= 15 is 0 Å². The Balaban J connectivity index is 1.63. The van der Waals surface area contributed by atoms with Crippen LogP contribution in [0.1, 0.15) is 24.0 Å². The minimum Gasteiger partial charge on any atom is -0.379 e. The van der Waals surface area contributed by atoms with Gasteiger partial charge in [0.05, 0.1) is 0 Å². The number of aromatic nitrogens is 1. The molecule has 1 saturated heterocycles. The number of hydrogen-bond donors (Lipinski definition) is 2.